The van der Waals surface area contributed by atoms with Crippen LogP contribution in [0.5, 0.6) is 0 Å². The molecule has 0 unspecified atom stereocenters. The van der Waals surface area contributed by atoms with E-state index >= 15 is 0 Å². The summed E-state index contributed by atoms with van der Waals surface area (Å²) in [4.78, 5) is 16.3. The van der Waals surface area contributed by atoms with E-state index in [0.717, 1.165) is 35.0 Å². The van der Waals surface area contributed by atoms with Gasteiger partial charge in [0, 0.05) is 16.4 Å². The molecule has 1 aromatic heterocycles. The molecule has 1 aromatic rings. The van der Waals surface area contributed by atoms with Crippen molar-refractivity contribution >= 4 is 21.7 Å². The predicted octanol–water partition coefficient (Wildman–Crippen LogP) is 3.85. The molecule has 0 aliphatic heterocycles. The first-order valence-corrected chi connectivity index (χ1v) is 6.87. The highest BCUT2D eigenvalue weighted by Gasteiger charge is 2.12. The quantitative estimate of drug-likeness (QED) is 0.847. The van der Waals surface area contributed by atoms with Crippen molar-refractivity contribution in [1.29, 1.82) is 0 Å². The van der Waals surface area contributed by atoms with E-state index in [9.17, 15) is 4.79 Å². The number of carbonyl (C=O) groups excluding carboxylic acids is 1. The average Bonchev–Trinajstić information content (AvgIpc) is 2.61. The van der Waals surface area contributed by atoms with Gasteiger partial charge in [0.15, 0.2) is 5.78 Å². The number of aromatic nitrogens is 1. The topological polar surface area (TPSA) is 30.0 Å². The van der Waals surface area contributed by atoms with E-state index in [0.29, 0.717) is 6.42 Å². The lowest BCUT2D eigenvalue weighted by Crippen LogP contribution is -2.07. The summed E-state index contributed by atoms with van der Waals surface area (Å²) in [6, 6.07) is 3.83. The molecule has 2 rings (SSSR count). The molecule has 0 atom stereocenters. The zero-order valence-corrected chi connectivity index (χ0v) is 11.4. The van der Waals surface area contributed by atoms with Crippen molar-refractivity contribution in [3.63, 3.8) is 0 Å². The first kappa shape index (κ1) is 12.5. The second-order valence-electron chi connectivity index (χ2n) is 4.40. The molecule has 0 bridgehead atoms. The summed E-state index contributed by atoms with van der Waals surface area (Å²) in [5.41, 5.74) is 1.86. The van der Waals surface area contributed by atoms with Gasteiger partial charge in [-0.05, 0) is 59.3 Å². The minimum atomic E-state index is 0.238. The van der Waals surface area contributed by atoms with Crippen molar-refractivity contribution in [3.8, 4) is 0 Å². The van der Waals surface area contributed by atoms with Gasteiger partial charge in [-0.3, -0.25) is 9.78 Å². The number of hydrogen-bond acceptors (Lipinski definition) is 2. The second kappa shape index (κ2) is 6.10. The van der Waals surface area contributed by atoms with E-state index in [1.807, 2.05) is 12.1 Å². The Kier molecular flexibility index (Phi) is 4.49. The number of nitrogens with zero attached hydrogens (tertiary/aromatic N) is 1. The maximum Gasteiger partial charge on any atom is 0.164 e. The van der Waals surface area contributed by atoms with Crippen molar-refractivity contribution in [1.82, 2.24) is 4.98 Å². The largest absolute Gasteiger partial charge is 0.294 e. The number of pyridine rings is 1. The Morgan fingerprint density at radius 2 is 2.18 bits per heavy atom. The summed E-state index contributed by atoms with van der Waals surface area (Å²) >= 11 is 3.34. The monoisotopic (exact) mass is 293 g/mol. The van der Waals surface area contributed by atoms with Crippen LogP contribution >= 0.6 is 15.9 Å². The van der Waals surface area contributed by atoms with Crippen LogP contribution in [0.4, 0.5) is 0 Å². The van der Waals surface area contributed by atoms with E-state index in [-0.39, 0.29) is 5.78 Å². The molecule has 2 nitrogen and oxygen atoms in total. The number of halogens is 1. The predicted molar refractivity (Wildman–Crippen MR) is 71.8 cm³/mol. The number of allylic oxidation sites excluding steroid dienone is 2. The van der Waals surface area contributed by atoms with Crippen molar-refractivity contribution in [2.24, 2.45) is 0 Å². The van der Waals surface area contributed by atoms with Gasteiger partial charge in [-0.15, -0.1) is 0 Å². The third kappa shape index (κ3) is 3.77. The normalized spacial score (nSPS) is 16.2. The summed E-state index contributed by atoms with van der Waals surface area (Å²) in [6.07, 6.45) is 9.88. The second-order valence-corrected chi connectivity index (χ2v) is 5.31. The molecule has 0 saturated heterocycles. The number of ketones is 1. The number of carbonyl (C=O) groups is 1. The van der Waals surface area contributed by atoms with Gasteiger partial charge in [0.1, 0.15) is 0 Å². The van der Waals surface area contributed by atoms with E-state index in [1.54, 1.807) is 6.20 Å². The minimum absolute atomic E-state index is 0.238. The Morgan fingerprint density at radius 1 is 1.29 bits per heavy atom. The molecule has 1 heterocycles. The van der Waals surface area contributed by atoms with E-state index < -0.39 is 0 Å². The van der Waals surface area contributed by atoms with Crippen LogP contribution in [0.1, 0.15) is 37.8 Å². The summed E-state index contributed by atoms with van der Waals surface area (Å²) in [6.45, 7) is 0. The van der Waals surface area contributed by atoms with Crippen molar-refractivity contribution in [3.05, 3.63) is 40.1 Å². The Labute approximate surface area is 110 Å². The molecule has 0 N–H and O–H groups in total. The number of Topliss-reactive ketones (excluding diaryl/α,β-unsaturated/α-hetero) is 1. The molecule has 0 radical (unpaired) electrons. The van der Waals surface area contributed by atoms with Gasteiger partial charge in [0.2, 0.25) is 0 Å². The van der Waals surface area contributed by atoms with Gasteiger partial charge in [-0.25, -0.2) is 0 Å². The standard InChI is InChI=1S/C14H16BrNO/c15-12-7-8-13(16-10-12)9-14(17)11-5-3-1-2-4-6-11/h5,7-8,10H,1-4,6,9H2. The lowest BCUT2D eigenvalue weighted by molar-refractivity contribution is -0.115. The van der Waals surface area contributed by atoms with Gasteiger partial charge < -0.3 is 0 Å². The van der Waals surface area contributed by atoms with Crippen molar-refractivity contribution < 1.29 is 4.79 Å². The maximum atomic E-state index is 12.1. The highest BCUT2D eigenvalue weighted by Crippen LogP contribution is 2.19. The summed E-state index contributed by atoms with van der Waals surface area (Å²) < 4.78 is 0.947. The molecule has 0 fully saturated rings. The highest BCUT2D eigenvalue weighted by atomic mass is 79.9. The fourth-order valence-electron chi connectivity index (χ4n) is 2.06. The Balaban J connectivity index is 2.00. The fraction of sp³-hybridized carbons (Fsp3) is 0.429. The SMILES string of the molecule is O=C(Cc1ccc(Br)cn1)C1=CCCCCC1. The molecule has 0 saturated carbocycles. The smallest absolute Gasteiger partial charge is 0.164 e. The molecule has 0 spiro atoms. The Bertz CT molecular complexity index is 422. The first-order chi connectivity index (χ1) is 8.25. The average molecular weight is 294 g/mol. The molecule has 3 heteroatoms. The van der Waals surface area contributed by atoms with Gasteiger partial charge in [0.25, 0.3) is 0 Å². The van der Waals surface area contributed by atoms with Crippen molar-refractivity contribution in [2.45, 2.75) is 38.5 Å². The van der Waals surface area contributed by atoms with E-state index in [4.69, 9.17) is 0 Å². The van der Waals surface area contributed by atoms with Gasteiger partial charge in [-0.1, -0.05) is 12.5 Å². The summed E-state index contributed by atoms with van der Waals surface area (Å²) in [5, 5.41) is 0. The Hall–Kier alpha value is -0.960. The zero-order chi connectivity index (χ0) is 12.1. The Morgan fingerprint density at radius 3 is 2.94 bits per heavy atom. The molecule has 17 heavy (non-hydrogen) atoms. The van der Waals surface area contributed by atoms with Crippen LogP contribution in [-0.4, -0.2) is 10.8 Å². The molecule has 1 aliphatic carbocycles. The molecule has 0 amide bonds. The summed E-state index contributed by atoms with van der Waals surface area (Å²) in [5.74, 6) is 0.238. The lowest BCUT2D eigenvalue weighted by Gasteiger charge is -2.04. The van der Waals surface area contributed by atoms with Crippen LogP contribution in [-0.2, 0) is 11.2 Å². The van der Waals surface area contributed by atoms with Crippen molar-refractivity contribution in [2.75, 3.05) is 0 Å². The van der Waals surface area contributed by atoms with E-state index in [1.165, 1.54) is 12.8 Å². The molecule has 90 valence electrons. The molecular weight excluding hydrogens is 278 g/mol. The maximum absolute atomic E-state index is 12.1. The third-order valence-electron chi connectivity index (χ3n) is 3.03. The van der Waals surface area contributed by atoms with Gasteiger partial charge >= 0.3 is 0 Å². The molecule has 0 aromatic carbocycles. The first-order valence-electron chi connectivity index (χ1n) is 6.08. The number of rotatable bonds is 3. The zero-order valence-electron chi connectivity index (χ0n) is 9.79. The van der Waals surface area contributed by atoms with Crippen LogP contribution < -0.4 is 0 Å². The molecule has 1 aliphatic rings. The van der Waals surface area contributed by atoms with Crippen LogP contribution in [0.25, 0.3) is 0 Å². The van der Waals surface area contributed by atoms with Crippen LogP contribution in [0.15, 0.2) is 34.5 Å². The molecular formula is C14H16BrNO. The van der Waals surface area contributed by atoms with Gasteiger partial charge in [-0.2, -0.15) is 0 Å². The van der Waals surface area contributed by atoms with Crippen LogP contribution in [0.3, 0.4) is 0 Å². The highest BCUT2D eigenvalue weighted by molar-refractivity contribution is 9.10. The fourth-order valence-corrected chi connectivity index (χ4v) is 2.29. The van der Waals surface area contributed by atoms with Crippen LogP contribution in [0.2, 0.25) is 0 Å². The van der Waals surface area contributed by atoms with Gasteiger partial charge in [0.05, 0.1) is 6.42 Å². The number of hydrogen-bond donors (Lipinski definition) is 0. The van der Waals surface area contributed by atoms with E-state index in [2.05, 4.69) is 27.0 Å². The minimum Gasteiger partial charge on any atom is -0.294 e. The summed E-state index contributed by atoms with van der Waals surface area (Å²) in [7, 11) is 0. The van der Waals surface area contributed by atoms with Crippen LogP contribution in [0, 0.1) is 0 Å². The third-order valence-corrected chi connectivity index (χ3v) is 3.50. The lowest BCUT2D eigenvalue weighted by atomic mass is 10.0.